The first-order valence-corrected chi connectivity index (χ1v) is 10.7. The van der Waals surface area contributed by atoms with Crippen molar-refractivity contribution in [2.45, 2.75) is 39.4 Å². The lowest BCUT2D eigenvalue weighted by molar-refractivity contribution is 0.199. The first-order chi connectivity index (χ1) is 15.3. The SMILES string of the molecule is COCCNCc1ccnc(Nc2cc3ccn(CCO)c(=O)c3c(NC(C)(C)C)n2)c1. The molecule has 32 heavy (non-hydrogen) atoms. The van der Waals surface area contributed by atoms with Crippen LogP contribution in [-0.2, 0) is 17.8 Å². The van der Waals surface area contributed by atoms with Gasteiger partial charge in [-0.05, 0) is 56.0 Å². The predicted molar refractivity (Wildman–Crippen MR) is 128 cm³/mol. The summed E-state index contributed by atoms with van der Waals surface area (Å²) in [6, 6.07) is 7.60. The molecule has 3 heterocycles. The van der Waals surface area contributed by atoms with Gasteiger partial charge in [-0.2, -0.15) is 0 Å². The second kappa shape index (κ2) is 10.5. The van der Waals surface area contributed by atoms with Crippen LogP contribution >= 0.6 is 0 Å². The molecule has 3 rings (SSSR count). The van der Waals surface area contributed by atoms with Crippen molar-refractivity contribution in [2.24, 2.45) is 0 Å². The Morgan fingerprint density at radius 2 is 2.00 bits per heavy atom. The average Bonchev–Trinajstić information content (AvgIpc) is 2.72. The standard InChI is InChI=1S/C23H32N6O3/c1-23(2,3)28-21-20-17(6-9-29(10-11-30)22(20)31)14-19(27-21)26-18-13-16(5-7-25-18)15-24-8-12-32-4/h5-7,9,13-14,24,30H,8,10-12,15H2,1-4H3,(H2,25,26,27,28). The van der Waals surface area contributed by atoms with E-state index < -0.39 is 0 Å². The number of ether oxygens (including phenoxy) is 1. The Balaban J connectivity index is 1.94. The van der Waals surface area contributed by atoms with Crippen molar-refractivity contribution in [3.05, 3.63) is 52.6 Å². The largest absolute Gasteiger partial charge is 0.395 e. The zero-order valence-corrected chi connectivity index (χ0v) is 19.1. The minimum Gasteiger partial charge on any atom is -0.395 e. The molecule has 0 aliphatic heterocycles. The molecule has 0 bridgehead atoms. The minimum absolute atomic E-state index is 0.108. The Labute approximate surface area is 187 Å². The molecule has 0 aliphatic carbocycles. The van der Waals surface area contributed by atoms with Crippen LogP contribution < -0.4 is 21.5 Å². The van der Waals surface area contributed by atoms with Crippen molar-refractivity contribution < 1.29 is 9.84 Å². The van der Waals surface area contributed by atoms with Crippen molar-refractivity contribution in [1.29, 1.82) is 0 Å². The molecule has 0 atom stereocenters. The quantitative estimate of drug-likeness (QED) is 0.356. The molecule has 0 unspecified atom stereocenters. The molecule has 0 aromatic carbocycles. The minimum atomic E-state index is -0.297. The zero-order valence-electron chi connectivity index (χ0n) is 19.1. The molecule has 4 N–H and O–H groups in total. The smallest absolute Gasteiger partial charge is 0.262 e. The average molecular weight is 441 g/mol. The van der Waals surface area contributed by atoms with Gasteiger partial charge >= 0.3 is 0 Å². The van der Waals surface area contributed by atoms with Crippen LogP contribution in [0.25, 0.3) is 10.8 Å². The Morgan fingerprint density at radius 3 is 2.72 bits per heavy atom. The lowest BCUT2D eigenvalue weighted by Crippen LogP contribution is -2.29. The number of fused-ring (bicyclic) bond motifs is 1. The molecule has 0 spiro atoms. The van der Waals surface area contributed by atoms with Gasteiger partial charge in [-0.3, -0.25) is 4.79 Å². The van der Waals surface area contributed by atoms with Gasteiger partial charge in [0.05, 0.1) is 18.6 Å². The summed E-state index contributed by atoms with van der Waals surface area (Å²) in [6.45, 7) is 8.28. The maximum absolute atomic E-state index is 13.0. The highest BCUT2D eigenvalue weighted by molar-refractivity contribution is 5.93. The fraction of sp³-hybridized carbons (Fsp3) is 0.435. The molecule has 0 amide bonds. The van der Waals surface area contributed by atoms with E-state index in [1.54, 1.807) is 19.5 Å². The van der Waals surface area contributed by atoms with E-state index >= 15 is 0 Å². The van der Waals surface area contributed by atoms with E-state index in [0.717, 1.165) is 17.5 Å². The van der Waals surface area contributed by atoms with Crippen LogP contribution in [0.1, 0.15) is 26.3 Å². The van der Waals surface area contributed by atoms with Crippen LogP contribution in [0.15, 0.2) is 41.5 Å². The first-order valence-electron chi connectivity index (χ1n) is 10.7. The number of aliphatic hydroxyl groups excluding tert-OH is 1. The molecule has 0 aliphatic rings. The highest BCUT2D eigenvalue weighted by Crippen LogP contribution is 2.26. The van der Waals surface area contributed by atoms with Gasteiger partial charge in [-0.1, -0.05) is 0 Å². The fourth-order valence-electron chi connectivity index (χ4n) is 3.29. The molecule has 0 saturated heterocycles. The highest BCUT2D eigenvalue weighted by atomic mass is 16.5. The van der Waals surface area contributed by atoms with Crippen molar-refractivity contribution in [3.63, 3.8) is 0 Å². The predicted octanol–water partition coefficient (Wildman–Crippen LogP) is 2.47. The van der Waals surface area contributed by atoms with Gasteiger partial charge in [0.15, 0.2) is 0 Å². The summed E-state index contributed by atoms with van der Waals surface area (Å²) in [5.41, 5.74) is 0.596. The summed E-state index contributed by atoms with van der Waals surface area (Å²) in [6.07, 6.45) is 3.44. The molecule has 172 valence electrons. The third-order valence-electron chi connectivity index (χ3n) is 4.69. The zero-order chi connectivity index (χ0) is 23.1. The van der Waals surface area contributed by atoms with E-state index in [1.165, 1.54) is 4.57 Å². The molecule has 0 fully saturated rings. The number of nitrogens with one attached hydrogen (secondary N) is 3. The summed E-state index contributed by atoms with van der Waals surface area (Å²) < 4.78 is 6.55. The summed E-state index contributed by atoms with van der Waals surface area (Å²) in [4.78, 5) is 22.1. The van der Waals surface area contributed by atoms with Gasteiger partial charge in [0.25, 0.3) is 5.56 Å². The number of pyridine rings is 3. The molecular weight excluding hydrogens is 408 g/mol. The van der Waals surface area contributed by atoms with E-state index in [1.807, 2.05) is 45.0 Å². The number of nitrogens with zero attached hydrogens (tertiary/aromatic N) is 3. The van der Waals surface area contributed by atoms with Crippen LogP contribution in [0.2, 0.25) is 0 Å². The lowest BCUT2D eigenvalue weighted by atomic mass is 10.1. The second-order valence-corrected chi connectivity index (χ2v) is 8.58. The monoisotopic (exact) mass is 440 g/mol. The van der Waals surface area contributed by atoms with Crippen LogP contribution in [0, 0.1) is 0 Å². The second-order valence-electron chi connectivity index (χ2n) is 8.58. The molecular formula is C23H32N6O3. The molecule has 3 aromatic rings. The van der Waals surface area contributed by atoms with E-state index in [4.69, 9.17) is 4.74 Å². The number of anilines is 3. The van der Waals surface area contributed by atoms with Crippen molar-refractivity contribution >= 4 is 28.2 Å². The number of hydrogen-bond donors (Lipinski definition) is 4. The summed E-state index contributed by atoms with van der Waals surface area (Å²) in [5.74, 6) is 1.74. The fourth-order valence-corrected chi connectivity index (χ4v) is 3.29. The Bertz CT molecular complexity index is 1110. The maximum Gasteiger partial charge on any atom is 0.262 e. The number of rotatable bonds is 10. The first kappa shape index (κ1) is 23.6. The number of methoxy groups -OCH3 is 1. The van der Waals surface area contributed by atoms with Crippen molar-refractivity contribution in [1.82, 2.24) is 19.9 Å². The number of aromatic nitrogens is 3. The van der Waals surface area contributed by atoms with Gasteiger partial charge in [0, 0.05) is 44.7 Å². The summed E-state index contributed by atoms with van der Waals surface area (Å²) in [7, 11) is 1.68. The van der Waals surface area contributed by atoms with Gasteiger partial charge in [-0.25, -0.2) is 9.97 Å². The van der Waals surface area contributed by atoms with E-state index in [0.29, 0.717) is 36.0 Å². The third-order valence-corrected chi connectivity index (χ3v) is 4.69. The molecule has 9 heteroatoms. The van der Waals surface area contributed by atoms with Crippen LogP contribution in [0.4, 0.5) is 17.5 Å². The van der Waals surface area contributed by atoms with Crippen LogP contribution in [0.5, 0.6) is 0 Å². The normalized spacial score (nSPS) is 11.7. The highest BCUT2D eigenvalue weighted by Gasteiger charge is 2.17. The number of aliphatic hydroxyl groups is 1. The van der Waals surface area contributed by atoms with E-state index in [-0.39, 0.29) is 24.2 Å². The molecule has 0 radical (unpaired) electrons. The third kappa shape index (κ3) is 6.25. The van der Waals surface area contributed by atoms with Crippen LogP contribution in [-0.4, -0.2) is 52.0 Å². The van der Waals surface area contributed by atoms with Gasteiger partial charge < -0.3 is 30.4 Å². The van der Waals surface area contributed by atoms with Gasteiger partial charge in [0.2, 0.25) is 0 Å². The molecule has 0 saturated carbocycles. The molecule has 3 aromatic heterocycles. The van der Waals surface area contributed by atoms with Crippen molar-refractivity contribution in [3.8, 4) is 0 Å². The molecule has 9 nitrogen and oxygen atoms in total. The Hall–Kier alpha value is -3.01. The van der Waals surface area contributed by atoms with Gasteiger partial charge in [0.1, 0.15) is 17.5 Å². The van der Waals surface area contributed by atoms with E-state index in [9.17, 15) is 9.90 Å². The van der Waals surface area contributed by atoms with Crippen LogP contribution in [0.3, 0.4) is 0 Å². The number of hydrogen-bond acceptors (Lipinski definition) is 8. The van der Waals surface area contributed by atoms with Crippen molar-refractivity contribution in [2.75, 3.05) is 37.5 Å². The Morgan fingerprint density at radius 1 is 1.19 bits per heavy atom. The summed E-state index contributed by atoms with van der Waals surface area (Å²) >= 11 is 0. The van der Waals surface area contributed by atoms with Gasteiger partial charge in [-0.15, -0.1) is 0 Å². The maximum atomic E-state index is 13.0. The summed E-state index contributed by atoms with van der Waals surface area (Å²) in [5, 5.41) is 20.4. The topological polar surface area (TPSA) is 113 Å². The van der Waals surface area contributed by atoms with E-state index in [2.05, 4.69) is 25.9 Å². The Kier molecular flexibility index (Phi) is 7.79. The lowest BCUT2D eigenvalue weighted by Gasteiger charge is -2.23.